The molecule has 1 saturated carbocycles. The molecule has 1 aliphatic carbocycles. The molecule has 0 aromatic heterocycles. The maximum Gasteiger partial charge on any atom is 0.0373 e. The molecule has 0 bridgehead atoms. The Balaban J connectivity index is 0.000000143. The first kappa shape index (κ1) is 36.3. The molecule has 1 aromatic rings. The summed E-state index contributed by atoms with van der Waals surface area (Å²) >= 11 is 0. The van der Waals surface area contributed by atoms with Crippen LogP contribution in [-0.4, -0.2) is 72.0 Å². The van der Waals surface area contributed by atoms with Crippen molar-refractivity contribution >= 4 is 5.69 Å². The normalized spacial score (nSPS) is 26.0. The Morgan fingerprint density at radius 1 is 0.395 bits per heavy atom. The van der Waals surface area contributed by atoms with Crippen LogP contribution in [0.5, 0.6) is 0 Å². The van der Waals surface area contributed by atoms with Crippen LogP contribution in [0.25, 0.3) is 0 Å². The summed E-state index contributed by atoms with van der Waals surface area (Å²) in [5, 5.41) is 20.0. The predicted molar refractivity (Wildman–Crippen MR) is 188 cm³/mol. The minimum atomic E-state index is 1.06. The second-order valence-electron chi connectivity index (χ2n) is 13.4. The van der Waals surface area contributed by atoms with Crippen LogP contribution >= 0.6 is 0 Å². The third kappa shape index (κ3) is 18.4. The van der Waals surface area contributed by atoms with Gasteiger partial charge in [0.15, 0.2) is 0 Å². The minimum Gasteiger partial charge on any atom is -0.384 e. The Hall–Kier alpha value is -1.18. The van der Waals surface area contributed by atoms with Crippen LogP contribution in [0.15, 0.2) is 24.3 Å². The lowest BCUT2D eigenvalue weighted by molar-refractivity contribution is 0.494. The molecule has 5 saturated heterocycles. The average Bonchev–Trinajstić information content (AvgIpc) is 3.86. The number of anilines is 1. The van der Waals surface area contributed by atoms with Crippen LogP contribution in [0.3, 0.4) is 0 Å². The van der Waals surface area contributed by atoms with Crippen molar-refractivity contribution in [3.05, 3.63) is 29.8 Å². The average molecular weight is 599 g/mol. The number of hydrogen-bond acceptors (Lipinski definition) is 6. The third-order valence-corrected chi connectivity index (χ3v) is 9.69. The summed E-state index contributed by atoms with van der Waals surface area (Å²) in [5.41, 5.74) is 2.77. The fourth-order valence-corrected chi connectivity index (χ4v) is 6.91. The molecule has 248 valence electrons. The summed E-state index contributed by atoms with van der Waals surface area (Å²) in [6, 6.07) is 8.46. The third-order valence-electron chi connectivity index (χ3n) is 9.69. The van der Waals surface area contributed by atoms with Gasteiger partial charge in [-0.2, -0.15) is 0 Å². The number of piperidine rings is 1. The maximum atomic E-state index is 3.42. The summed E-state index contributed by atoms with van der Waals surface area (Å²) in [4.78, 5) is 0. The highest BCUT2D eigenvalue weighted by atomic mass is 14.9. The van der Waals surface area contributed by atoms with Gasteiger partial charge in [-0.3, -0.25) is 0 Å². The van der Waals surface area contributed by atoms with Crippen LogP contribution in [0.4, 0.5) is 5.69 Å². The van der Waals surface area contributed by atoms with Gasteiger partial charge in [0, 0.05) is 12.2 Å². The van der Waals surface area contributed by atoms with Gasteiger partial charge in [0.25, 0.3) is 0 Å². The van der Waals surface area contributed by atoms with Gasteiger partial charge in [-0.25, -0.2) is 0 Å². The van der Waals surface area contributed by atoms with Crippen LogP contribution in [0, 0.1) is 11.8 Å². The number of benzene rings is 1. The van der Waals surface area contributed by atoms with E-state index in [2.05, 4.69) is 56.2 Å². The SMILES string of the molecule is C1CC2CNCC2C1.C1CCCNCC1.C1CCCNCCC1.C1CCNC1.C1CCNCC1.c1ccc2c(c1)CCN2. The van der Waals surface area contributed by atoms with Gasteiger partial charge in [-0.1, -0.05) is 63.1 Å². The maximum absolute atomic E-state index is 3.42. The molecule has 6 heteroatoms. The quantitative estimate of drug-likeness (QED) is 0.205. The van der Waals surface area contributed by atoms with E-state index in [1.54, 1.807) is 0 Å². The first-order valence-corrected chi connectivity index (χ1v) is 18.8. The summed E-state index contributed by atoms with van der Waals surface area (Å²) in [7, 11) is 0. The van der Waals surface area contributed by atoms with Crippen molar-refractivity contribution in [3.63, 3.8) is 0 Å². The molecule has 6 heterocycles. The first-order chi connectivity index (χ1) is 21.4. The van der Waals surface area contributed by atoms with Gasteiger partial charge in [0.05, 0.1) is 0 Å². The fraction of sp³-hybridized carbons (Fsp3) is 0.838. The van der Waals surface area contributed by atoms with Gasteiger partial charge < -0.3 is 31.9 Å². The lowest BCUT2D eigenvalue weighted by atomic mass is 10.0. The highest BCUT2D eigenvalue weighted by molar-refractivity contribution is 5.54. The molecule has 7 aliphatic rings. The minimum absolute atomic E-state index is 1.06. The van der Waals surface area contributed by atoms with E-state index in [0.29, 0.717) is 0 Å². The van der Waals surface area contributed by atoms with E-state index in [0.717, 1.165) is 18.4 Å². The molecule has 6 fully saturated rings. The van der Waals surface area contributed by atoms with Gasteiger partial charge >= 0.3 is 0 Å². The van der Waals surface area contributed by atoms with E-state index < -0.39 is 0 Å². The Labute approximate surface area is 266 Å². The van der Waals surface area contributed by atoms with Crippen molar-refractivity contribution < 1.29 is 0 Å². The smallest absolute Gasteiger partial charge is 0.0373 e. The molecule has 0 amide bonds. The number of hydrogen-bond donors (Lipinski definition) is 6. The van der Waals surface area contributed by atoms with E-state index in [9.17, 15) is 0 Å². The zero-order valence-corrected chi connectivity index (χ0v) is 28.0. The van der Waals surface area contributed by atoms with Gasteiger partial charge in [0.2, 0.25) is 0 Å². The summed E-state index contributed by atoms with van der Waals surface area (Å²) in [6.07, 6.45) is 25.4. The van der Waals surface area contributed by atoms with Crippen molar-refractivity contribution in [2.24, 2.45) is 11.8 Å². The van der Waals surface area contributed by atoms with Crippen LogP contribution < -0.4 is 31.9 Å². The van der Waals surface area contributed by atoms with E-state index in [-0.39, 0.29) is 0 Å². The Morgan fingerprint density at radius 3 is 1.23 bits per heavy atom. The van der Waals surface area contributed by atoms with Crippen molar-refractivity contribution in [1.29, 1.82) is 0 Å². The van der Waals surface area contributed by atoms with Crippen LogP contribution in [-0.2, 0) is 6.42 Å². The van der Waals surface area contributed by atoms with Gasteiger partial charge in [0.1, 0.15) is 0 Å². The summed E-state index contributed by atoms with van der Waals surface area (Å²) < 4.78 is 0. The molecule has 2 atom stereocenters. The van der Waals surface area contributed by atoms with Gasteiger partial charge in [-0.15, -0.1) is 0 Å². The summed E-state index contributed by atoms with van der Waals surface area (Å²) in [5.74, 6) is 2.13. The fourth-order valence-electron chi connectivity index (χ4n) is 6.91. The zero-order chi connectivity index (χ0) is 29.9. The molecule has 8 rings (SSSR count). The first-order valence-electron chi connectivity index (χ1n) is 18.8. The molecule has 0 radical (unpaired) electrons. The molecule has 2 unspecified atom stereocenters. The van der Waals surface area contributed by atoms with Crippen molar-refractivity contribution in [3.8, 4) is 0 Å². The topological polar surface area (TPSA) is 72.2 Å². The number of nitrogens with one attached hydrogen (secondary N) is 6. The highest BCUT2D eigenvalue weighted by Gasteiger charge is 2.30. The van der Waals surface area contributed by atoms with Crippen molar-refractivity contribution in [2.75, 3.05) is 77.3 Å². The molecule has 6 N–H and O–H groups in total. The zero-order valence-electron chi connectivity index (χ0n) is 28.0. The lowest BCUT2D eigenvalue weighted by Crippen LogP contribution is -2.21. The number of rotatable bonds is 0. The van der Waals surface area contributed by atoms with Crippen molar-refractivity contribution in [2.45, 2.75) is 116 Å². The molecule has 0 spiro atoms. The molecular formula is C37H70N6. The molecule has 6 nitrogen and oxygen atoms in total. The highest BCUT2D eigenvalue weighted by Crippen LogP contribution is 2.33. The monoisotopic (exact) mass is 599 g/mol. The van der Waals surface area contributed by atoms with Crippen LogP contribution in [0.1, 0.15) is 115 Å². The van der Waals surface area contributed by atoms with Crippen LogP contribution in [0.2, 0.25) is 0 Å². The van der Waals surface area contributed by atoms with Crippen molar-refractivity contribution in [1.82, 2.24) is 26.6 Å². The van der Waals surface area contributed by atoms with E-state index in [1.165, 1.54) is 192 Å². The Morgan fingerprint density at radius 2 is 0.791 bits per heavy atom. The second kappa shape index (κ2) is 26.1. The standard InChI is InChI=1S/C8H9N.C7H13N.C7H15N.C6H13N.C5H11N.C4H9N/c1-2-4-8-7(3-1)5-6-9-8;1-2-6-4-8-5-7(6)3-1;1-2-4-6-8-7-5-3-1;1-2-4-6-7-5-3-1;1-2-4-6-5-3-1;1-2-4-5-3-1/h1-4,9H,5-6H2;6-8H,1-5H2;8H,1-7H2;7H,1-6H2;6H,1-5H2;5H,1-4H2. The Kier molecular flexibility index (Phi) is 22.0. The molecule has 6 aliphatic heterocycles. The largest absolute Gasteiger partial charge is 0.384 e. The lowest BCUT2D eigenvalue weighted by Gasteiger charge is -2.08. The van der Waals surface area contributed by atoms with Gasteiger partial charge in [-0.05, 0) is 160 Å². The number of fused-ring (bicyclic) bond motifs is 2. The predicted octanol–water partition coefficient (Wildman–Crippen LogP) is 6.48. The number of para-hydroxylation sites is 1. The summed E-state index contributed by atoms with van der Waals surface area (Å²) in [6.45, 7) is 13.7. The molecule has 43 heavy (non-hydrogen) atoms. The second-order valence-corrected chi connectivity index (χ2v) is 13.4. The van der Waals surface area contributed by atoms with E-state index >= 15 is 0 Å². The molecular weight excluding hydrogens is 528 g/mol. The van der Waals surface area contributed by atoms with E-state index in [4.69, 9.17) is 0 Å². The molecule has 1 aromatic carbocycles. The van der Waals surface area contributed by atoms with E-state index in [1.807, 2.05) is 0 Å². The Bertz CT molecular complexity index is 645.